The van der Waals surface area contributed by atoms with Crippen LogP contribution in [0.4, 0.5) is 0 Å². The fourth-order valence-corrected chi connectivity index (χ4v) is 2.23. The highest BCUT2D eigenvalue weighted by molar-refractivity contribution is 6.40. The van der Waals surface area contributed by atoms with Gasteiger partial charge in [0, 0.05) is 12.0 Å². The monoisotopic (exact) mass is 278 g/mol. The lowest BCUT2D eigenvalue weighted by molar-refractivity contribution is -0.131. The normalized spacial score (nSPS) is 18.6. The zero-order chi connectivity index (χ0) is 14.5. The zero-order valence-electron chi connectivity index (χ0n) is 11.4. The highest BCUT2D eigenvalue weighted by Crippen LogP contribution is 2.23. The number of aliphatic carboxylic acids is 1. The first-order valence-corrected chi connectivity index (χ1v) is 6.80. The van der Waals surface area contributed by atoms with Crippen molar-refractivity contribution in [3.63, 3.8) is 0 Å². The van der Waals surface area contributed by atoms with Gasteiger partial charge in [0.2, 0.25) is 0 Å². The standard InChI is InChI=1S/C15H18O5/c1-2-10-9-11(20-13-5-3-4-8-19-13)6-7-12(10)14(16)15(17)18/h6-7,9,13H,2-5,8H2,1H3,(H,17,18)/t13-/m0/s1. The maximum atomic E-state index is 11.6. The second-order valence-electron chi connectivity index (χ2n) is 4.72. The molecule has 1 fully saturated rings. The topological polar surface area (TPSA) is 72.8 Å². The van der Waals surface area contributed by atoms with E-state index in [2.05, 4.69) is 0 Å². The molecule has 0 radical (unpaired) electrons. The summed E-state index contributed by atoms with van der Waals surface area (Å²) < 4.78 is 11.2. The number of carboxylic acid groups (broad SMARTS) is 1. The number of rotatable bonds is 5. The molecule has 1 aliphatic heterocycles. The van der Waals surface area contributed by atoms with Crippen molar-refractivity contribution in [3.8, 4) is 5.75 Å². The summed E-state index contributed by atoms with van der Waals surface area (Å²) in [6, 6.07) is 4.84. The molecule has 0 unspecified atom stereocenters. The van der Waals surface area contributed by atoms with Gasteiger partial charge in [0.05, 0.1) is 6.61 Å². The molecule has 0 aliphatic carbocycles. The minimum absolute atomic E-state index is 0.219. The lowest BCUT2D eigenvalue weighted by Gasteiger charge is -2.23. The Hall–Kier alpha value is -1.88. The van der Waals surface area contributed by atoms with Gasteiger partial charge in [0.1, 0.15) is 5.75 Å². The SMILES string of the molecule is CCc1cc(O[C@H]2CCCCO2)ccc1C(=O)C(=O)O. The van der Waals surface area contributed by atoms with Crippen molar-refractivity contribution >= 4 is 11.8 Å². The van der Waals surface area contributed by atoms with Crippen LogP contribution in [0, 0.1) is 0 Å². The minimum atomic E-state index is -1.44. The van der Waals surface area contributed by atoms with E-state index in [1.54, 1.807) is 12.1 Å². The fourth-order valence-electron chi connectivity index (χ4n) is 2.23. The lowest BCUT2D eigenvalue weighted by atomic mass is 10.0. The van der Waals surface area contributed by atoms with Gasteiger partial charge in [-0.15, -0.1) is 0 Å². The third-order valence-corrected chi connectivity index (χ3v) is 3.30. The number of carbonyl (C=O) groups excluding carboxylic acids is 1. The van der Waals surface area contributed by atoms with Gasteiger partial charge in [-0.25, -0.2) is 4.79 Å². The number of Topliss-reactive ketones (excluding diaryl/α,β-unsaturated/α-hetero) is 1. The lowest BCUT2D eigenvalue weighted by Crippen LogP contribution is -2.25. The van der Waals surface area contributed by atoms with E-state index < -0.39 is 11.8 Å². The third kappa shape index (κ3) is 3.36. The van der Waals surface area contributed by atoms with E-state index >= 15 is 0 Å². The summed E-state index contributed by atoms with van der Waals surface area (Å²) >= 11 is 0. The van der Waals surface area contributed by atoms with Crippen LogP contribution in [0.5, 0.6) is 5.75 Å². The number of benzene rings is 1. The molecule has 1 aliphatic rings. The molecule has 1 saturated heterocycles. The van der Waals surface area contributed by atoms with Crippen LogP contribution in [-0.2, 0) is 16.0 Å². The molecule has 20 heavy (non-hydrogen) atoms. The maximum absolute atomic E-state index is 11.6. The fraction of sp³-hybridized carbons (Fsp3) is 0.467. The van der Waals surface area contributed by atoms with Gasteiger partial charge in [-0.1, -0.05) is 6.92 Å². The molecule has 1 atom stereocenters. The first kappa shape index (κ1) is 14.5. The van der Waals surface area contributed by atoms with Crippen LogP contribution in [0.25, 0.3) is 0 Å². The maximum Gasteiger partial charge on any atom is 0.377 e. The number of aryl methyl sites for hydroxylation is 1. The van der Waals surface area contributed by atoms with Gasteiger partial charge in [0.25, 0.3) is 5.78 Å². The summed E-state index contributed by atoms with van der Waals surface area (Å²) in [5, 5.41) is 8.78. The van der Waals surface area contributed by atoms with Crippen molar-refractivity contribution in [2.75, 3.05) is 6.61 Å². The van der Waals surface area contributed by atoms with Crippen LogP contribution < -0.4 is 4.74 Å². The Morgan fingerprint density at radius 2 is 2.20 bits per heavy atom. The molecule has 1 heterocycles. The Bertz CT molecular complexity index is 503. The van der Waals surface area contributed by atoms with Crippen LogP contribution in [0.1, 0.15) is 42.1 Å². The smallest absolute Gasteiger partial charge is 0.377 e. The summed E-state index contributed by atoms with van der Waals surface area (Å²) in [5.74, 6) is -1.72. The van der Waals surface area contributed by atoms with Gasteiger partial charge in [-0.2, -0.15) is 0 Å². The van der Waals surface area contributed by atoms with E-state index in [-0.39, 0.29) is 11.9 Å². The Balaban J connectivity index is 2.16. The van der Waals surface area contributed by atoms with E-state index in [4.69, 9.17) is 14.6 Å². The highest BCUT2D eigenvalue weighted by Gasteiger charge is 2.20. The van der Waals surface area contributed by atoms with Crippen molar-refractivity contribution in [1.29, 1.82) is 0 Å². The summed E-state index contributed by atoms with van der Waals surface area (Å²) in [7, 11) is 0. The highest BCUT2D eigenvalue weighted by atomic mass is 16.7. The van der Waals surface area contributed by atoms with Gasteiger partial charge >= 0.3 is 5.97 Å². The van der Waals surface area contributed by atoms with Crippen molar-refractivity contribution in [2.24, 2.45) is 0 Å². The predicted octanol–water partition coefficient (Wildman–Crippen LogP) is 2.42. The Kier molecular flexibility index (Phi) is 4.74. The summed E-state index contributed by atoms with van der Waals surface area (Å²) in [6.45, 7) is 2.57. The van der Waals surface area contributed by atoms with Crippen LogP contribution in [0.2, 0.25) is 0 Å². The number of hydrogen-bond donors (Lipinski definition) is 1. The van der Waals surface area contributed by atoms with Crippen molar-refractivity contribution in [3.05, 3.63) is 29.3 Å². The molecular weight excluding hydrogens is 260 g/mol. The molecule has 1 aromatic rings. The minimum Gasteiger partial charge on any atom is -0.475 e. The van der Waals surface area contributed by atoms with Crippen LogP contribution in [0.15, 0.2) is 18.2 Å². The van der Waals surface area contributed by atoms with Gasteiger partial charge < -0.3 is 14.6 Å². The molecule has 0 amide bonds. The van der Waals surface area contributed by atoms with Gasteiger partial charge in [0.15, 0.2) is 6.29 Å². The number of carbonyl (C=O) groups is 2. The van der Waals surface area contributed by atoms with E-state index in [9.17, 15) is 9.59 Å². The van der Waals surface area contributed by atoms with Crippen LogP contribution in [0.3, 0.4) is 0 Å². The molecule has 108 valence electrons. The molecule has 0 aromatic heterocycles. The van der Waals surface area contributed by atoms with Crippen molar-refractivity contribution in [2.45, 2.75) is 38.9 Å². The molecule has 0 bridgehead atoms. The predicted molar refractivity (Wildman–Crippen MR) is 72.0 cm³/mol. The largest absolute Gasteiger partial charge is 0.475 e. The molecule has 0 spiro atoms. The van der Waals surface area contributed by atoms with E-state index in [0.717, 1.165) is 19.3 Å². The van der Waals surface area contributed by atoms with Crippen molar-refractivity contribution < 1.29 is 24.2 Å². The van der Waals surface area contributed by atoms with Crippen LogP contribution >= 0.6 is 0 Å². The number of ketones is 1. The number of carboxylic acids is 1. The summed E-state index contributed by atoms with van der Waals surface area (Å²) in [6.07, 6.45) is 3.27. The molecule has 0 saturated carbocycles. The first-order valence-electron chi connectivity index (χ1n) is 6.80. The number of hydrogen-bond acceptors (Lipinski definition) is 4. The summed E-state index contributed by atoms with van der Waals surface area (Å²) in [4.78, 5) is 22.3. The Morgan fingerprint density at radius 3 is 2.80 bits per heavy atom. The molecular formula is C15H18O5. The average molecular weight is 278 g/mol. The molecule has 5 nitrogen and oxygen atoms in total. The number of ether oxygens (including phenoxy) is 2. The quantitative estimate of drug-likeness (QED) is 0.661. The van der Waals surface area contributed by atoms with Gasteiger partial charge in [-0.3, -0.25) is 4.79 Å². The molecule has 1 N–H and O–H groups in total. The Labute approximate surface area is 117 Å². The second kappa shape index (κ2) is 6.52. The Morgan fingerprint density at radius 1 is 1.40 bits per heavy atom. The van der Waals surface area contributed by atoms with E-state index in [1.165, 1.54) is 6.07 Å². The van der Waals surface area contributed by atoms with E-state index in [0.29, 0.717) is 24.3 Å². The molecule has 1 aromatic carbocycles. The third-order valence-electron chi connectivity index (χ3n) is 3.30. The average Bonchev–Trinajstić information content (AvgIpc) is 2.47. The van der Waals surface area contributed by atoms with Gasteiger partial charge in [-0.05, 0) is 43.0 Å². The van der Waals surface area contributed by atoms with E-state index in [1.807, 2.05) is 6.92 Å². The van der Waals surface area contributed by atoms with Crippen LogP contribution in [-0.4, -0.2) is 29.8 Å². The van der Waals surface area contributed by atoms with Crippen molar-refractivity contribution in [1.82, 2.24) is 0 Å². The second-order valence-corrected chi connectivity index (χ2v) is 4.72. The zero-order valence-corrected chi connectivity index (χ0v) is 11.4. The molecule has 2 rings (SSSR count). The molecule has 5 heteroatoms. The first-order chi connectivity index (χ1) is 9.61. The summed E-state index contributed by atoms with van der Waals surface area (Å²) in [5.41, 5.74) is 0.891.